The van der Waals surface area contributed by atoms with Gasteiger partial charge in [0.2, 0.25) is 0 Å². The molecule has 1 fully saturated rings. The molecule has 0 aromatic heterocycles. The molecule has 1 atom stereocenters. The average molecular weight is 221 g/mol. The van der Waals surface area contributed by atoms with Crippen LogP contribution >= 0.6 is 0 Å². The zero-order chi connectivity index (χ0) is 10.6. The van der Waals surface area contributed by atoms with E-state index in [1.807, 2.05) is 0 Å². The van der Waals surface area contributed by atoms with Crippen LogP contribution in [0.15, 0.2) is 0 Å². The zero-order valence-corrected chi connectivity index (χ0v) is 8.97. The molecule has 2 N–H and O–H groups in total. The normalized spacial score (nSPS) is 22.7. The Bertz CT molecular complexity index is 237. The highest BCUT2D eigenvalue weighted by atomic mass is 32.2. The van der Waals surface area contributed by atoms with E-state index in [1.54, 1.807) is 0 Å². The Kier molecular flexibility index (Phi) is 4.03. The fraction of sp³-hybridized carbons (Fsp3) is 0.875. The summed E-state index contributed by atoms with van der Waals surface area (Å²) in [5, 5.41) is 5.22. The van der Waals surface area contributed by atoms with E-state index in [0.717, 1.165) is 0 Å². The second-order valence-corrected chi connectivity index (χ2v) is 4.46. The van der Waals surface area contributed by atoms with Gasteiger partial charge in [-0.2, -0.15) is 0 Å². The molecule has 14 heavy (non-hydrogen) atoms. The molecule has 0 aliphatic carbocycles. The molecule has 0 amide bonds. The Morgan fingerprint density at radius 1 is 1.57 bits per heavy atom. The highest BCUT2D eigenvalue weighted by Gasteiger charge is 2.42. The van der Waals surface area contributed by atoms with E-state index in [0.29, 0.717) is 26.1 Å². The summed E-state index contributed by atoms with van der Waals surface area (Å²) in [6.45, 7) is 0.985. The minimum absolute atomic E-state index is 0.156. The molecule has 0 aromatic rings. The highest BCUT2D eigenvalue weighted by Crippen LogP contribution is 2.32. The molecule has 1 aliphatic heterocycles. The van der Waals surface area contributed by atoms with Gasteiger partial charge in [0.25, 0.3) is 0 Å². The number of hydrogen-bond acceptors (Lipinski definition) is 4. The summed E-state index contributed by atoms with van der Waals surface area (Å²) in [5.41, 5.74) is -0.702. The van der Waals surface area contributed by atoms with Crippen molar-refractivity contribution in [3.8, 4) is 0 Å². The van der Waals surface area contributed by atoms with E-state index in [9.17, 15) is 9.00 Å². The molecule has 1 aliphatic rings. The van der Waals surface area contributed by atoms with Gasteiger partial charge in [0.15, 0.2) is 0 Å². The SMILES string of the molecule is COC(=O)C1(CS(N)=O)CCOCC1. The lowest BCUT2D eigenvalue weighted by Gasteiger charge is -2.33. The smallest absolute Gasteiger partial charge is 0.312 e. The van der Waals surface area contributed by atoms with Crippen molar-refractivity contribution in [2.75, 3.05) is 26.1 Å². The molecule has 1 rings (SSSR count). The van der Waals surface area contributed by atoms with Gasteiger partial charge in [0.1, 0.15) is 0 Å². The lowest BCUT2D eigenvalue weighted by Crippen LogP contribution is -2.43. The summed E-state index contributed by atoms with van der Waals surface area (Å²) >= 11 is 0. The summed E-state index contributed by atoms with van der Waals surface area (Å²) < 4.78 is 20.8. The molecule has 82 valence electrons. The van der Waals surface area contributed by atoms with Crippen LogP contribution in [0.2, 0.25) is 0 Å². The molecule has 1 heterocycles. The Hall–Kier alpha value is -0.460. The minimum atomic E-state index is -1.48. The van der Waals surface area contributed by atoms with Gasteiger partial charge in [0.05, 0.1) is 29.3 Å². The van der Waals surface area contributed by atoms with E-state index in [4.69, 9.17) is 14.6 Å². The maximum Gasteiger partial charge on any atom is 0.312 e. The number of esters is 1. The largest absolute Gasteiger partial charge is 0.469 e. The monoisotopic (exact) mass is 221 g/mol. The van der Waals surface area contributed by atoms with Crippen molar-refractivity contribution in [2.45, 2.75) is 12.8 Å². The third-order valence-electron chi connectivity index (χ3n) is 2.49. The van der Waals surface area contributed by atoms with Gasteiger partial charge in [-0.15, -0.1) is 0 Å². The second kappa shape index (κ2) is 4.86. The predicted molar refractivity (Wildman–Crippen MR) is 51.7 cm³/mol. The Labute approximate surface area is 85.5 Å². The predicted octanol–water partition coefficient (Wildman–Crippen LogP) is -0.421. The number of carbonyl (C=O) groups excluding carboxylic acids is 1. The standard InChI is InChI=1S/C8H15NO4S/c1-12-7(10)8(6-14(9)11)2-4-13-5-3-8/h2-6,9H2,1H3. The van der Waals surface area contributed by atoms with E-state index >= 15 is 0 Å². The van der Waals surface area contributed by atoms with E-state index in [-0.39, 0.29) is 11.7 Å². The Morgan fingerprint density at radius 3 is 2.57 bits per heavy atom. The summed E-state index contributed by atoms with van der Waals surface area (Å²) in [6, 6.07) is 0. The zero-order valence-electron chi connectivity index (χ0n) is 8.15. The first-order valence-corrected chi connectivity index (χ1v) is 5.78. The van der Waals surface area contributed by atoms with Crippen LogP contribution < -0.4 is 5.14 Å². The third kappa shape index (κ3) is 2.52. The van der Waals surface area contributed by atoms with Crippen molar-refractivity contribution in [1.29, 1.82) is 0 Å². The van der Waals surface area contributed by atoms with Gasteiger partial charge in [-0.05, 0) is 12.8 Å². The molecule has 1 unspecified atom stereocenters. The molecule has 0 radical (unpaired) electrons. The molecule has 0 spiro atoms. The van der Waals surface area contributed by atoms with Crippen molar-refractivity contribution in [3.63, 3.8) is 0 Å². The number of nitrogens with two attached hydrogens (primary N) is 1. The highest BCUT2D eigenvalue weighted by molar-refractivity contribution is 7.82. The fourth-order valence-corrected chi connectivity index (χ4v) is 2.61. The summed E-state index contributed by atoms with van der Waals surface area (Å²) in [7, 11) is -0.149. The first-order chi connectivity index (χ1) is 6.60. The van der Waals surface area contributed by atoms with E-state index in [1.165, 1.54) is 7.11 Å². The lowest BCUT2D eigenvalue weighted by atomic mass is 9.82. The molecule has 0 bridgehead atoms. The van der Waals surface area contributed by atoms with Crippen molar-refractivity contribution in [3.05, 3.63) is 0 Å². The van der Waals surface area contributed by atoms with Crippen LogP contribution in [0.5, 0.6) is 0 Å². The van der Waals surface area contributed by atoms with Crippen LogP contribution in [-0.2, 0) is 25.3 Å². The fourth-order valence-electron chi connectivity index (χ4n) is 1.66. The topological polar surface area (TPSA) is 78.6 Å². The molecule has 0 aromatic carbocycles. The molecular weight excluding hydrogens is 206 g/mol. The lowest BCUT2D eigenvalue weighted by molar-refractivity contribution is -0.156. The van der Waals surface area contributed by atoms with E-state index in [2.05, 4.69) is 0 Å². The summed E-state index contributed by atoms with van der Waals surface area (Å²) in [6.07, 6.45) is 1.06. The van der Waals surface area contributed by atoms with Crippen LogP contribution in [0.3, 0.4) is 0 Å². The first-order valence-electron chi connectivity index (χ1n) is 4.40. The number of ether oxygens (including phenoxy) is 2. The van der Waals surface area contributed by atoms with Gasteiger partial charge in [-0.25, -0.2) is 4.21 Å². The van der Waals surface area contributed by atoms with Gasteiger partial charge in [-0.1, -0.05) is 0 Å². The molecule has 0 saturated carbocycles. The third-order valence-corrected chi connectivity index (χ3v) is 3.32. The van der Waals surface area contributed by atoms with Crippen molar-refractivity contribution < 1.29 is 18.5 Å². The van der Waals surface area contributed by atoms with Crippen molar-refractivity contribution in [2.24, 2.45) is 10.6 Å². The molecule has 6 heteroatoms. The summed E-state index contributed by atoms with van der Waals surface area (Å²) in [5.74, 6) is -0.178. The van der Waals surface area contributed by atoms with Gasteiger partial charge in [-0.3, -0.25) is 9.93 Å². The number of hydrogen-bond donors (Lipinski definition) is 1. The van der Waals surface area contributed by atoms with Crippen LogP contribution in [0.25, 0.3) is 0 Å². The Morgan fingerprint density at radius 2 is 2.14 bits per heavy atom. The van der Waals surface area contributed by atoms with Crippen LogP contribution in [-0.4, -0.2) is 36.3 Å². The average Bonchev–Trinajstić information content (AvgIpc) is 2.17. The molecule has 5 nitrogen and oxygen atoms in total. The van der Waals surface area contributed by atoms with Crippen LogP contribution in [0.1, 0.15) is 12.8 Å². The quantitative estimate of drug-likeness (QED) is 0.656. The molecular formula is C8H15NO4S. The second-order valence-electron chi connectivity index (χ2n) is 3.41. The minimum Gasteiger partial charge on any atom is -0.469 e. The van der Waals surface area contributed by atoms with Crippen molar-refractivity contribution >= 4 is 17.0 Å². The maximum absolute atomic E-state index is 11.6. The van der Waals surface area contributed by atoms with Gasteiger partial charge in [0, 0.05) is 13.2 Å². The number of carbonyl (C=O) groups is 1. The molecule has 1 saturated heterocycles. The van der Waals surface area contributed by atoms with Crippen LogP contribution in [0, 0.1) is 5.41 Å². The summed E-state index contributed by atoms with van der Waals surface area (Å²) in [4.78, 5) is 11.6. The first kappa shape index (κ1) is 11.6. The number of rotatable bonds is 3. The maximum atomic E-state index is 11.6. The van der Waals surface area contributed by atoms with Gasteiger partial charge < -0.3 is 9.47 Å². The van der Waals surface area contributed by atoms with E-state index < -0.39 is 16.4 Å². The van der Waals surface area contributed by atoms with Gasteiger partial charge >= 0.3 is 5.97 Å². The van der Waals surface area contributed by atoms with Crippen LogP contribution in [0.4, 0.5) is 0 Å². The Balaban J connectivity index is 2.76. The van der Waals surface area contributed by atoms with Crippen molar-refractivity contribution in [1.82, 2.24) is 0 Å². The number of methoxy groups -OCH3 is 1.